The number of aliphatic hydroxyl groups excluding tert-OH is 1. The van der Waals surface area contributed by atoms with E-state index in [0.29, 0.717) is 118 Å². The summed E-state index contributed by atoms with van der Waals surface area (Å²) in [7, 11) is 2.95. The van der Waals surface area contributed by atoms with E-state index in [1.165, 1.54) is 70.8 Å². The van der Waals surface area contributed by atoms with Crippen molar-refractivity contribution in [1.29, 1.82) is 0 Å². The van der Waals surface area contributed by atoms with Crippen LogP contribution in [0.2, 0.25) is 0 Å². The van der Waals surface area contributed by atoms with Gasteiger partial charge in [-0.2, -0.15) is 0 Å². The number of amides is 5. The van der Waals surface area contributed by atoms with Crippen LogP contribution in [0.5, 0.6) is 0 Å². The molecule has 11 rings (SSSR count). The summed E-state index contributed by atoms with van der Waals surface area (Å²) in [6.07, 6.45) is 0.887. The van der Waals surface area contributed by atoms with Gasteiger partial charge in [-0.15, -0.1) is 68.0 Å². The third-order valence-corrected chi connectivity index (χ3v) is 22.4. The van der Waals surface area contributed by atoms with Crippen LogP contribution in [0.3, 0.4) is 0 Å². The average Bonchev–Trinajstić information content (AvgIpc) is 1.73. The molecule has 2 fully saturated rings. The third kappa shape index (κ3) is 14.3. The number of nitrogens with zero attached hydrogens (tertiary/aromatic N) is 8. The number of benzene rings is 1. The van der Waals surface area contributed by atoms with Crippen molar-refractivity contribution in [3.8, 4) is 43.4 Å². The van der Waals surface area contributed by atoms with E-state index in [1.54, 1.807) is 75.8 Å². The summed E-state index contributed by atoms with van der Waals surface area (Å²) in [5.41, 5.74) is 2.64. The van der Waals surface area contributed by atoms with Gasteiger partial charge in [0.05, 0.1) is 53.0 Å². The van der Waals surface area contributed by atoms with Gasteiger partial charge in [0.2, 0.25) is 17.7 Å². The largest absolute Gasteiger partial charge is 0.481 e. The van der Waals surface area contributed by atoms with Crippen LogP contribution in [0.1, 0.15) is 158 Å². The summed E-state index contributed by atoms with van der Waals surface area (Å²) < 4.78 is 5.48. The minimum Gasteiger partial charge on any atom is -0.481 e. The molecule has 5 amide bonds. The van der Waals surface area contributed by atoms with E-state index in [-0.39, 0.29) is 60.6 Å². The number of aromatic nitrogens is 7. The maximum Gasteiger partial charge on any atom is 0.306 e. The molecule has 2 unspecified atom stereocenters. The number of carboxylic acids is 2. The minimum absolute atomic E-state index is 0.00992. The van der Waals surface area contributed by atoms with Gasteiger partial charge in [0, 0.05) is 70.4 Å². The average molecular weight is 1360 g/mol. The van der Waals surface area contributed by atoms with Crippen LogP contribution in [0, 0.1) is 30.6 Å². The van der Waals surface area contributed by atoms with Crippen molar-refractivity contribution >= 4 is 121 Å². The number of aliphatic hydroxyl groups is 1. The topological polar surface area (TPSA) is 348 Å². The highest BCUT2D eigenvalue weighted by Gasteiger charge is 2.41. The fourth-order valence-electron chi connectivity index (χ4n) is 11.6. The van der Waals surface area contributed by atoms with Gasteiger partial charge in [-0.05, 0) is 75.5 Å². The van der Waals surface area contributed by atoms with Crippen molar-refractivity contribution in [3.63, 3.8) is 0 Å². The lowest BCUT2D eigenvalue weighted by Gasteiger charge is -2.33. The van der Waals surface area contributed by atoms with Crippen molar-refractivity contribution in [3.05, 3.63) is 111 Å². The number of carbonyl (C=O) groups excluding carboxylic acids is 6. The Morgan fingerprint density at radius 3 is 2.08 bits per heavy atom. The van der Waals surface area contributed by atoms with Gasteiger partial charge in [0.15, 0.2) is 5.78 Å². The van der Waals surface area contributed by atoms with Crippen LogP contribution in [0.15, 0.2) is 64.0 Å². The number of pyridine rings is 1. The van der Waals surface area contributed by atoms with E-state index in [0.717, 1.165) is 11.3 Å². The van der Waals surface area contributed by atoms with Crippen LogP contribution in [-0.2, 0) is 35.3 Å². The Bertz CT molecular complexity index is 4090. The Hall–Kier alpha value is -7.97. The molecule has 7 aromatic heterocycles. The fraction of sp³-hybridized carbons (Fsp3) is 0.403. The van der Waals surface area contributed by atoms with Crippen molar-refractivity contribution in [2.45, 2.75) is 115 Å². The van der Waals surface area contributed by atoms with Gasteiger partial charge >= 0.3 is 11.9 Å². The number of thiazole rings is 6. The van der Waals surface area contributed by atoms with Gasteiger partial charge in [0.25, 0.3) is 11.8 Å². The molecule has 2 saturated carbocycles. The molecule has 30 heteroatoms. The van der Waals surface area contributed by atoms with E-state index >= 15 is 0 Å². The van der Waals surface area contributed by atoms with Crippen molar-refractivity contribution < 1.29 is 58.4 Å². The number of methoxy groups -OCH3 is 1. The monoisotopic (exact) mass is 1360 g/mol. The summed E-state index contributed by atoms with van der Waals surface area (Å²) in [6.45, 7) is 5.11. The SMILES string of the molecule is CNC(=O)C[C@@H]1NC(=O)c2csc(n2)-c2ccc(-c3nc(N(C(=O)C4CCC(C(=O)O)CC4)C4CC[C@@H](C(=O)O)C4)cs3)nc2-c2csc(n2)-c2csc(n2)[C@H]([C@@H](O)c2ccccc2)NC(=O)CNC(=O)c2nc(sc2COC)C(C(C)C)CC(=O)c2nc1sc2C. The number of ether oxygens (including phenoxy) is 1. The predicted molar refractivity (Wildman–Crippen MR) is 348 cm³/mol. The number of aliphatic carboxylic acids is 2. The number of ketones is 1. The quantitative estimate of drug-likeness (QED) is 0.0564. The molecule has 3 aliphatic rings. The number of aryl methyl sites for hydroxylation is 1. The number of hydrogen-bond donors (Lipinski definition) is 7. The van der Waals surface area contributed by atoms with E-state index in [2.05, 4.69) is 21.3 Å². The molecule has 7 N–H and O–H groups in total. The number of anilines is 1. The maximum absolute atomic E-state index is 14.6. The summed E-state index contributed by atoms with van der Waals surface area (Å²) in [5.74, 6) is -6.72. The Kier molecular flexibility index (Phi) is 20.3. The first kappa shape index (κ1) is 65.5. The van der Waals surface area contributed by atoms with Gasteiger partial charge in [0.1, 0.15) is 77.2 Å². The molecule has 6 atom stereocenters. The molecule has 8 heterocycles. The molecule has 8 aromatic rings. The Labute approximate surface area is 551 Å². The molecular formula is C62H64N12O12S6. The Morgan fingerprint density at radius 2 is 1.36 bits per heavy atom. The first-order valence-electron chi connectivity index (χ1n) is 29.7. The molecule has 1 aliphatic heterocycles. The highest BCUT2D eigenvalue weighted by Crippen LogP contribution is 2.43. The normalized spacial score (nSPS) is 21.0. The standard InChI is InChI=1S/C62H64N12O12S6/c1-28(2)36-20-42(75)47-29(3)91-58(72-47)38(21-45(76)63-4)66-52(79)40-25-87-54(68-40)35-17-18-37(56-70-44(27-90-56)74(34-16-15-33(19-34)62(84)85)60(81)31-11-13-32(14-12-31)61(82)83)65-48(35)39-24-88-57(67-39)41-26-89-59(69-41)50(51(78)30-9-7-6-8-10-30)71-46(77)22-64-53(80)49-43(23-86-5)92-55(36)73-49/h6-10,17-18,24-28,31-34,36,38,50-51,78H,11-16,19-23H2,1-5H3,(H,63,76)(H,64,80)(H,66,79)(H,71,77)(H,82,83)(H,84,85)/t31?,32?,33-,34?,36?,38+,50+,51+/m1/s1. The zero-order chi connectivity index (χ0) is 65.1. The molecular weight excluding hydrogens is 1300 g/mol. The first-order chi connectivity index (χ1) is 44.2. The second kappa shape index (κ2) is 28.5. The second-order valence-electron chi connectivity index (χ2n) is 23.0. The van der Waals surface area contributed by atoms with E-state index in [1.807, 2.05) is 13.8 Å². The van der Waals surface area contributed by atoms with Crippen LogP contribution in [0.25, 0.3) is 43.4 Å². The summed E-state index contributed by atoms with van der Waals surface area (Å²) in [5, 5.41) is 52.1. The molecule has 480 valence electrons. The van der Waals surface area contributed by atoms with Crippen molar-refractivity contribution in [2.24, 2.45) is 23.7 Å². The zero-order valence-corrected chi connectivity index (χ0v) is 55.3. The van der Waals surface area contributed by atoms with Crippen LogP contribution >= 0.6 is 68.0 Å². The van der Waals surface area contributed by atoms with Crippen LogP contribution < -0.4 is 26.2 Å². The van der Waals surface area contributed by atoms with Gasteiger partial charge in [-0.3, -0.25) is 43.3 Å². The molecule has 24 nitrogen and oxygen atoms in total. The number of fused-ring (bicyclic) bond motifs is 14. The summed E-state index contributed by atoms with van der Waals surface area (Å²) in [6, 6.07) is 9.70. The molecule has 0 saturated heterocycles. The van der Waals surface area contributed by atoms with Gasteiger partial charge in [-0.1, -0.05) is 44.2 Å². The summed E-state index contributed by atoms with van der Waals surface area (Å²) >= 11 is 7.21. The molecule has 10 bridgehead atoms. The number of rotatable bonds is 13. The van der Waals surface area contributed by atoms with Crippen molar-refractivity contribution in [2.75, 3.05) is 25.6 Å². The van der Waals surface area contributed by atoms with Gasteiger partial charge in [-0.25, -0.2) is 34.9 Å². The van der Waals surface area contributed by atoms with Crippen LogP contribution in [0.4, 0.5) is 5.82 Å². The number of Topliss-reactive ketones (excluding diaryl/α,β-unsaturated/α-hetero) is 1. The smallest absolute Gasteiger partial charge is 0.306 e. The molecule has 1 aromatic carbocycles. The predicted octanol–water partition coefficient (Wildman–Crippen LogP) is 9.67. The lowest BCUT2D eigenvalue weighted by Crippen LogP contribution is -2.44. The molecule has 92 heavy (non-hydrogen) atoms. The highest BCUT2D eigenvalue weighted by molar-refractivity contribution is 7.15. The zero-order valence-electron chi connectivity index (χ0n) is 50.4. The lowest BCUT2D eigenvalue weighted by molar-refractivity contribution is -0.144. The second-order valence-corrected chi connectivity index (χ2v) is 28.8. The van der Waals surface area contributed by atoms with Crippen LogP contribution in [-0.4, -0.2) is 124 Å². The van der Waals surface area contributed by atoms with Gasteiger partial charge < -0.3 is 41.3 Å². The number of hydrogen-bond acceptors (Lipinski definition) is 23. The van der Waals surface area contributed by atoms with Crippen molar-refractivity contribution in [1.82, 2.24) is 56.2 Å². The Balaban J connectivity index is 0.987. The number of carbonyl (C=O) groups is 8. The van der Waals surface area contributed by atoms with E-state index < -0.39 is 90.0 Å². The summed E-state index contributed by atoms with van der Waals surface area (Å²) in [4.78, 5) is 146. The minimum atomic E-state index is -1.30. The molecule has 0 radical (unpaired) electrons. The highest BCUT2D eigenvalue weighted by atomic mass is 32.1. The first-order valence-corrected chi connectivity index (χ1v) is 34.8. The Morgan fingerprint density at radius 1 is 0.685 bits per heavy atom. The molecule has 0 spiro atoms. The third-order valence-electron chi connectivity index (χ3n) is 16.6. The maximum atomic E-state index is 14.6. The number of nitrogens with one attached hydrogen (secondary N) is 4. The lowest BCUT2D eigenvalue weighted by atomic mass is 9.81. The molecule has 2 aliphatic carbocycles. The van der Waals surface area contributed by atoms with E-state index in [9.17, 15) is 53.7 Å². The number of carboxylic acid groups (broad SMARTS) is 2. The fourth-order valence-corrected chi connectivity index (χ4v) is 17.2. The van der Waals surface area contributed by atoms with E-state index in [4.69, 9.17) is 39.6 Å².